The molecule has 0 heterocycles. The maximum Gasteiger partial charge on any atom is 0.328 e. The monoisotopic (exact) mass is 788 g/mol. The minimum Gasteiger partial charge on any atom is -0.480 e. The first-order chi connectivity index (χ1) is 26.3. The van der Waals surface area contributed by atoms with Gasteiger partial charge in [0, 0.05) is 0 Å². The molecular weight excluding hydrogens is 710 g/mol. The number of carbonyl (C=O) groups is 5. The van der Waals surface area contributed by atoms with Gasteiger partial charge in [0.2, 0.25) is 23.6 Å². The van der Waals surface area contributed by atoms with Crippen LogP contribution < -0.4 is 38.1 Å². The topological polar surface area (TPSA) is 278 Å². The summed E-state index contributed by atoms with van der Waals surface area (Å²) in [4.78, 5) is 64.4. The van der Waals surface area contributed by atoms with Gasteiger partial charge in [-0.15, -0.1) is 0 Å². The zero-order valence-electron chi connectivity index (χ0n) is 34.0. The summed E-state index contributed by atoms with van der Waals surface area (Å²) in [5.41, 5.74) is 11.2. The van der Waals surface area contributed by atoms with E-state index in [9.17, 15) is 44.4 Å². The van der Waals surface area contributed by atoms with Gasteiger partial charge in [-0.25, -0.2) is 4.79 Å². The first-order valence-corrected chi connectivity index (χ1v) is 20.9. The van der Waals surface area contributed by atoms with E-state index in [0.717, 1.165) is 19.3 Å². The molecule has 13 N–H and O–H groups in total. The van der Waals surface area contributed by atoms with Crippen LogP contribution in [-0.4, -0.2) is 119 Å². The number of carbonyl (C=O) groups excluding carboxylic acids is 4. The normalized spacial score (nSPS) is 15.2. The Morgan fingerprint density at radius 1 is 0.509 bits per heavy atom. The second-order valence-corrected chi connectivity index (χ2v) is 14.8. The Kier molecular flexibility index (Phi) is 31.5. The van der Waals surface area contributed by atoms with Crippen LogP contribution in [0.15, 0.2) is 0 Å². The molecule has 16 nitrogen and oxygen atoms in total. The van der Waals surface area contributed by atoms with Crippen LogP contribution in [0.2, 0.25) is 0 Å². The van der Waals surface area contributed by atoms with Crippen molar-refractivity contribution in [3.63, 3.8) is 0 Å². The lowest BCUT2D eigenvalue weighted by molar-refractivity contribution is -0.143. The van der Waals surface area contributed by atoms with Gasteiger partial charge in [0.05, 0.1) is 24.9 Å². The van der Waals surface area contributed by atoms with Crippen LogP contribution in [0, 0.1) is 0 Å². The van der Waals surface area contributed by atoms with E-state index in [0.29, 0.717) is 51.7 Å². The molecule has 0 radical (unpaired) electrons. The van der Waals surface area contributed by atoms with Gasteiger partial charge in [-0.2, -0.15) is 0 Å². The molecule has 0 aliphatic heterocycles. The molecule has 16 heteroatoms. The highest BCUT2D eigenvalue weighted by Crippen LogP contribution is 2.13. The molecule has 0 saturated carbocycles. The highest BCUT2D eigenvalue weighted by molar-refractivity contribution is 5.95. The minimum atomic E-state index is -1.61. The molecule has 0 rings (SSSR count). The fourth-order valence-electron chi connectivity index (χ4n) is 6.20. The number of nitrogens with one attached hydrogen (secondary N) is 5. The molecular formula is C39H77N7O9. The molecule has 0 aromatic rings. The molecule has 0 aliphatic carbocycles. The summed E-state index contributed by atoms with van der Waals surface area (Å²) in [7, 11) is 0. The Hall–Kier alpha value is -2.89. The van der Waals surface area contributed by atoms with Gasteiger partial charge in [-0.05, 0) is 72.0 Å². The number of nitrogens with two attached hydrogens (primary N) is 2. The molecule has 0 aromatic carbocycles. The molecule has 0 aliphatic rings. The van der Waals surface area contributed by atoms with Crippen LogP contribution in [-0.2, 0) is 24.0 Å². The lowest BCUT2D eigenvalue weighted by atomic mass is 10.0. The van der Waals surface area contributed by atoms with Gasteiger partial charge in [-0.3, -0.25) is 19.2 Å². The van der Waals surface area contributed by atoms with E-state index in [-0.39, 0.29) is 6.42 Å². The highest BCUT2D eigenvalue weighted by atomic mass is 16.4. The third-order valence-electron chi connectivity index (χ3n) is 9.69. The summed E-state index contributed by atoms with van der Waals surface area (Å²) in [6, 6.07) is -6.64. The van der Waals surface area contributed by atoms with Crippen molar-refractivity contribution in [1.82, 2.24) is 26.6 Å². The van der Waals surface area contributed by atoms with Crippen molar-refractivity contribution in [3.05, 3.63) is 0 Å². The van der Waals surface area contributed by atoms with Crippen molar-refractivity contribution in [2.75, 3.05) is 26.2 Å². The molecule has 55 heavy (non-hydrogen) atoms. The van der Waals surface area contributed by atoms with E-state index in [2.05, 4.69) is 33.5 Å². The molecule has 0 fully saturated rings. The van der Waals surface area contributed by atoms with Gasteiger partial charge in [0.25, 0.3) is 0 Å². The van der Waals surface area contributed by atoms with Crippen LogP contribution in [0.3, 0.4) is 0 Å². The number of hydrogen-bond acceptors (Lipinski definition) is 11. The van der Waals surface area contributed by atoms with Crippen molar-refractivity contribution in [1.29, 1.82) is 0 Å². The molecule has 0 unspecified atom stereocenters. The summed E-state index contributed by atoms with van der Waals surface area (Å²) in [5.74, 6) is -4.77. The van der Waals surface area contributed by atoms with Crippen LogP contribution in [0.4, 0.5) is 0 Å². The van der Waals surface area contributed by atoms with Crippen LogP contribution in [0.25, 0.3) is 0 Å². The van der Waals surface area contributed by atoms with Gasteiger partial charge in [-0.1, -0.05) is 96.8 Å². The average molecular weight is 788 g/mol. The molecule has 0 bridgehead atoms. The number of rotatable bonds is 36. The fourth-order valence-corrected chi connectivity index (χ4v) is 6.20. The third kappa shape index (κ3) is 25.1. The number of hydrogen-bond donors (Lipinski definition) is 11. The summed E-state index contributed by atoms with van der Waals surface area (Å²) in [6.07, 6.45) is 17.3. The molecule has 0 spiro atoms. The van der Waals surface area contributed by atoms with Crippen molar-refractivity contribution >= 4 is 29.6 Å². The number of carboxylic acids is 1. The summed E-state index contributed by atoms with van der Waals surface area (Å²) in [6.45, 7) is 5.27. The third-order valence-corrected chi connectivity index (χ3v) is 9.69. The Morgan fingerprint density at radius 3 is 1.31 bits per heavy atom. The summed E-state index contributed by atoms with van der Waals surface area (Å²) in [5, 5.41) is 52.4. The summed E-state index contributed by atoms with van der Waals surface area (Å²) >= 11 is 0. The standard InChI is InChI=1S/C39H77N7O9/c1-4-5-6-7-8-9-10-11-12-13-14-15-16-21-26-42-30(22-17-19-24-40)35(50)45-34(29(3)49)38(53)46-33(28(2)48)37(52)43-31(23-18-20-25-41)36(51)44-32(27-47)39(54)55/h28-34,42,47-49H,4-27,40-41H2,1-3H3,(H,43,52)(H,44,51)(H,45,50)(H,46,53)(H,54,55)/t28-,29-,30+,31+,32+,33+,34+/m1/s1. The number of aliphatic carboxylic acids is 1. The SMILES string of the molecule is CCCCCCCCCCCCCCCCN[C@@H](CCCCN)C(=O)N[C@H](C(=O)N[C@H](C(=O)N[C@@H](CCCCN)C(=O)N[C@@H](CO)C(=O)O)[C@@H](C)O)[C@@H](C)O. The van der Waals surface area contributed by atoms with Crippen molar-refractivity contribution in [2.45, 2.75) is 192 Å². The molecule has 0 aromatic heterocycles. The van der Waals surface area contributed by atoms with E-state index in [1.165, 1.54) is 84.5 Å². The van der Waals surface area contributed by atoms with E-state index in [1.54, 1.807) is 0 Å². The van der Waals surface area contributed by atoms with Gasteiger partial charge >= 0.3 is 5.97 Å². The van der Waals surface area contributed by atoms with Crippen molar-refractivity contribution in [2.24, 2.45) is 11.5 Å². The quantitative estimate of drug-likeness (QED) is 0.0403. The summed E-state index contributed by atoms with van der Waals surface area (Å²) < 4.78 is 0. The first kappa shape index (κ1) is 52.1. The minimum absolute atomic E-state index is 0.0529. The van der Waals surface area contributed by atoms with Crippen molar-refractivity contribution < 1.29 is 44.4 Å². The fraction of sp³-hybridized carbons (Fsp3) is 0.872. The van der Waals surface area contributed by atoms with E-state index in [4.69, 9.17) is 11.5 Å². The first-order valence-electron chi connectivity index (χ1n) is 20.9. The van der Waals surface area contributed by atoms with Crippen LogP contribution in [0.5, 0.6) is 0 Å². The van der Waals surface area contributed by atoms with Gasteiger partial charge in [0.1, 0.15) is 24.2 Å². The van der Waals surface area contributed by atoms with E-state index >= 15 is 0 Å². The van der Waals surface area contributed by atoms with Gasteiger partial charge in [0.15, 0.2) is 0 Å². The Bertz CT molecular complexity index is 1050. The van der Waals surface area contributed by atoms with Crippen LogP contribution >= 0.6 is 0 Å². The largest absolute Gasteiger partial charge is 0.480 e. The van der Waals surface area contributed by atoms with Gasteiger partial charge < -0.3 is 58.5 Å². The average Bonchev–Trinajstić information content (AvgIpc) is 3.14. The number of carboxylic acid groups (broad SMARTS) is 1. The zero-order valence-corrected chi connectivity index (χ0v) is 34.0. The Balaban J connectivity index is 5.24. The lowest BCUT2D eigenvalue weighted by Crippen LogP contribution is -2.62. The lowest BCUT2D eigenvalue weighted by Gasteiger charge is -2.29. The predicted molar refractivity (Wildman–Crippen MR) is 214 cm³/mol. The number of aliphatic hydroxyl groups excluding tert-OH is 3. The maximum absolute atomic E-state index is 13.5. The van der Waals surface area contributed by atoms with E-state index in [1.807, 2.05) is 0 Å². The van der Waals surface area contributed by atoms with Crippen molar-refractivity contribution in [3.8, 4) is 0 Å². The Labute approximate surface area is 329 Å². The molecule has 322 valence electrons. The number of amides is 4. The maximum atomic E-state index is 13.5. The number of aliphatic hydroxyl groups is 3. The second-order valence-electron chi connectivity index (χ2n) is 14.8. The van der Waals surface area contributed by atoms with E-state index < -0.39 is 78.6 Å². The molecule has 4 amide bonds. The zero-order chi connectivity index (χ0) is 41.4. The number of unbranched alkanes of at least 4 members (excludes halogenated alkanes) is 15. The molecule has 7 atom stereocenters. The predicted octanol–water partition coefficient (Wildman–Crippen LogP) is 1.46. The highest BCUT2D eigenvalue weighted by Gasteiger charge is 2.35. The second kappa shape index (κ2) is 33.3. The Morgan fingerprint density at radius 2 is 0.891 bits per heavy atom. The smallest absolute Gasteiger partial charge is 0.328 e. The van der Waals surface area contributed by atoms with Crippen LogP contribution in [0.1, 0.15) is 149 Å². The molecule has 0 saturated heterocycles.